The van der Waals surface area contributed by atoms with E-state index in [2.05, 4.69) is 0 Å². The van der Waals surface area contributed by atoms with Crippen LogP contribution in [0, 0.1) is 36.0 Å². The topological polar surface area (TPSA) is 169 Å². The predicted molar refractivity (Wildman–Crippen MR) is 212 cm³/mol. The van der Waals surface area contributed by atoms with Gasteiger partial charge in [0.05, 0.1) is 42.3 Å². The van der Waals surface area contributed by atoms with Crippen LogP contribution in [-0.4, -0.2) is 75.3 Å². The van der Waals surface area contributed by atoms with Crippen LogP contribution in [0.1, 0.15) is 62.5 Å². The maximum Gasteiger partial charge on any atom is 0.303 e. The Morgan fingerprint density at radius 2 is 1.79 bits per heavy atom. The van der Waals surface area contributed by atoms with Gasteiger partial charge in [-0.3, -0.25) is 33.6 Å². The van der Waals surface area contributed by atoms with Crippen LogP contribution in [0.2, 0.25) is 5.02 Å². The number of phenolic OH excluding ortho intramolecular Hbond substituents is 1. The minimum Gasteiger partial charge on any atom is -0.507 e. The van der Waals surface area contributed by atoms with E-state index in [0.29, 0.717) is 46.9 Å². The second kappa shape index (κ2) is 14.3. The van der Waals surface area contributed by atoms with Gasteiger partial charge in [-0.2, -0.15) is 5.10 Å². The molecule has 57 heavy (non-hydrogen) atoms. The van der Waals surface area contributed by atoms with Crippen molar-refractivity contribution in [2.45, 2.75) is 58.3 Å². The highest BCUT2D eigenvalue weighted by atomic mass is 35.5. The molecule has 8 rings (SSSR count). The van der Waals surface area contributed by atoms with Crippen molar-refractivity contribution in [1.29, 1.82) is 0 Å². The monoisotopic (exact) mass is 814 g/mol. The SMILES string of the molecule is COc1cc(O)c(C2C3=CCC4C(=O)N(CCCCCC(=O)O)C(=O)C4C3CC3C(=O)N(c4cc(-c5sc6ccc(Cl)cc6c5C)nn4C)C(=O)C32C)c(OC)c1. The van der Waals surface area contributed by atoms with Crippen molar-refractivity contribution in [1.82, 2.24) is 14.7 Å². The zero-order valence-electron chi connectivity index (χ0n) is 32.2. The van der Waals surface area contributed by atoms with Crippen LogP contribution in [-0.2, 0) is 31.0 Å². The fourth-order valence-electron chi connectivity index (χ4n) is 9.93. The minimum atomic E-state index is -1.45. The molecule has 4 amide bonds. The molecule has 0 bridgehead atoms. The number of methoxy groups -OCH3 is 2. The molecule has 6 atom stereocenters. The Morgan fingerprint density at radius 3 is 2.51 bits per heavy atom. The lowest BCUT2D eigenvalue weighted by molar-refractivity contribution is -0.141. The highest BCUT2D eigenvalue weighted by molar-refractivity contribution is 7.22. The van der Waals surface area contributed by atoms with Crippen molar-refractivity contribution < 1.29 is 43.7 Å². The number of amides is 4. The second-order valence-electron chi connectivity index (χ2n) is 15.7. The number of rotatable bonds is 11. The molecule has 2 aliphatic carbocycles. The van der Waals surface area contributed by atoms with E-state index < -0.39 is 52.8 Å². The van der Waals surface area contributed by atoms with Crippen molar-refractivity contribution in [2.75, 3.05) is 25.7 Å². The van der Waals surface area contributed by atoms with Gasteiger partial charge in [-0.1, -0.05) is 29.7 Å². The number of benzene rings is 2. The lowest BCUT2D eigenvalue weighted by atomic mass is 9.51. The maximum atomic E-state index is 15.2. The normalized spacial score (nSPS) is 25.5. The van der Waals surface area contributed by atoms with E-state index in [1.165, 1.54) is 46.1 Å². The molecule has 2 aromatic heterocycles. The number of imide groups is 2. The molecule has 3 fully saturated rings. The number of phenols is 1. The number of halogens is 1. The molecule has 2 saturated heterocycles. The molecule has 0 spiro atoms. The molecule has 2 aromatic carbocycles. The van der Waals surface area contributed by atoms with Gasteiger partial charge in [-0.25, -0.2) is 4.90 Å². The number of aromatic nitrogens is 2. The van der Waals surface area contributed by atoms with Crippen LogP contribution in [0.4, 0.5) is 5.82 Å². The standard InChI is InChI=1S/C42H43ClN4O9S/c1-20-25-15-21(43)10-13-31(25)57-37(20)28-19-32(45(3)44-28)47-39(52)27-18-26-23(11-12-24-34(26)40(53)46(38(24)51)14-8-6-7-9-33(49)50)36(42(27,2)41(47)54)35-29(48)16-22(55-4)17-30(35)56-5/h10-11,13,15-17,19,24,26-27,34,36,48H,6-9,12,14,18H2,1-5H3,(H,49,50). The first kappa shape index (κ1) is 38.7. The Labute approximate surface area is 337 Å². The summed E-state index contributed by atoms with van der Waals surface area (Å²) < 4.78 is 13.8. The third kappa shape index (κ3) is 5.93. The van der Waals surface area contributed by atoms with Gasteiger partial charge in [-0.05, 0) is 74.6 Å². The third-order valence-electron chi connectivity index (χ3n) is 12.7. The summed E-state index contributed by atoms with van der Waals surface area (Å²) in [5.41, 5.74) is 1.11. The van der Waals surface area contributed by atoms with Gasteiger partial charge >= 0.3 is 5.97 Å². The quantitative estimate of drug-likeness (QED) is 0.0927. The largest absolute Gasteiger partial charge is 0.507 e. The highest BCUT2D eigenvalue weighted by Gasteiger charge is 2.68. The van der Waals surface area contributed by atoms with Gasteiger partial charge in [0.15, 0.2) is 0 Å². The maximum absolute atomic E-state index is 15.2. The van der Waals surface area contributed by atoms with Gasteiger partial charge in [0.25, 0.3) is 0 Å². The summed E-state index contributed by atoms with van der Waals surface area (Å²) in [5, 5.41) is 27.2. The molecule has 6 unspecified atom stereocenters. The molecule has 13 nitrogen and oxygen atoms in total. The van der Waals surface area contributed by atoms with Crippen LogP contribution in [0.15, 0.2) is 48.0 Å². The molecule has 298 valence electrons. The molecule has 4 aromatic rings. The summed E-state index contributed by atoms with van der Waals surface area (Å²) in [5.74, 6) is -5.68. The molecule has 0 radical (unpaired) electrons. The number of unbranched alkanes of at least 4 members (excludes halogenated alkanes) is 2. The number of likely N-dealkylation sites (tertiary alicyclic amines) is 1. The number of aliphatic carboxylic acids is 1. The van der Waals surface area contributed by atoms with E-state index in [0.717, 1.165) is 20.5 Å². The van der Waals surface area contributed by atoms with Crippen LogP contribution in [0.3, 0.4) is 0 Å². The van der Waals surface area contributed by atoms with Crippen molar-refractivity contribution in [3.8, 4) is 27.8 Å². The number of carboxylic acid groups (broad SMARTS) is 1. The Bertz CT molecular complexity index is 2420. The first-order valence-electron chi connectivity index (χ1n) is 19.0. The fraction of sp³-hybridized carbons (Fsp3) is 0.429. The number of carbonyl (C=O) groups excluding carboxylic acids is 4. The van der Waals surface area contributed by atoms with Crippen LogP contribution in [0.25, 0.3) is 20.7 Å². The molecule has 2 aliphatic heterocycles. The lowest BCUT2D eigenvalue weighted by Gasteiger charge is -2.49. The number of anilines is 1. The summed E-state index contributed by atoms with van der Waals surface area (Å²) in [6.45, 7) is 3.90. The number of allylic oxidation sites excluding steroid dienone is 2. The molecule has 1 saturated carbocycles. The predicted octanol–water partition coefficient (Wildman–Crippen LogP) is 6.86. The van der Waals surface area contributed by atoms with Crippen molar-refractivity contribution in [2.24, 2.45) is 36.1 Å². The summed E-state index contributed by atoms with van der Waals surface area (Å²) in [7, 11) is 4.59. The van der Waals surface area contributed by atoms with Gasteiger partial charge < -0.3 is 19.7 Å². The number of aromatic hydroxyl groups is 1. The molecule has 2 N–H and O–H groups in total. The van der Waals surface area contributed by atoms with Crippen molar-refractivity contribution in [3.63, 3.8) is 0 Å². The number of carbonyl (C=O) groups is 5. The van der Waals surface area contributed by atoms with E-state index in [1.54, 1.807) is 26.1 Å². The second-order valence-corrected chi connectivity index (χ2v) is 17.2. The zero-order valence-corrected chi connectivity index (χ0v) is 33.8. The van der Waals surface area contributed by atoms with Crippen LogP contribution < -0.4 is 14.4 Å². The molecular weight excluding hydrogens is 772 g/mol. The Morgan fingerprint density at radius 1 is 1.02 bits per heavy atom. The van der Waals surface area contributed by atoms with Crippen molar-refractivity contribution in [3.05, 3.63) is 64.2 Å². The van der Waals surface area contributed by atoms with E-state index in [9.17, 15) is 24.3 Å². The van der Waals surface area contributed by atoms with Crippen molar-refractivity contribution >= 4 is 68.4 Å². The van der Waals surface area contributed by atoms with E-state index >= 15 is 4.79 Å². The summed E-state index contributed by atoms with van der Waals surface area (Å²) in [6, 6.07) is 10.5. The molecule has 4 heterocycles. The van der Waals surface area contributed by atoms with Gasteiger partial charge in [0.1, 0.15) is 28.8 Å². The van der Waals surface area contributed by atoms with Crippen LogP contribution >= 0.6 is 22.9 Å². The Balaban J connectivity index is 1.21. The number of ether oxygens (including phenoxy) is 2. The Hall–Kier alpha value is -5.21. The fourth-order valence-corrected chi connectivity index (χ4v) is 11.2. The van der Waals surface area contributed by atoms with Gasteiger partial charge in [0, 0.05) is 59.4 Å². The minimum absolute atomic E-state index is 0.00959. The smallest absolute Gasteiger partial charge is 0.303 e. The number of fused-ring (bicyclic) bond motifs is 5. The average Bonchev–Trinajstić information content (AvgIpc) is 3.85. The zero-order chi connectivity index (χ0) is 40.7. The number of thiophene rings is 1. The lowest BCUT2D eigenvalue weighted by Crippen LogP contribution is -2.49. The van der Waals surface area contributed by atoms with E-state index in [1.807, 2.05) is 31.2 Å². The summed E-state index contributed by atoms with van der Waals surface area (Å²) in [4.78, 5) is 72.7. The average molecular weight is 815 g/mol. The first-order chi connectivity index (χ1) is 27.2. The van der Waals surface area contributed by atoms with E-state index in [4.69, 9.17) is 31.3 Å². The highest BCUT2D eigenvalue weighted by Crippen LogP contribution is 2.65. The Kier molecular flexibility index (Phi) is 9.71. The molecular formula is C42H43ClN4O9S. The first-order valence-corrected chi connectivity index (χ1v) is 20.2. The van der Waals surface area contributed by atoms with Crippen LogP contribution in [0.5, 0.6) is 17.2 Å². The number of hydrogen-bond donors (Lipinski definition) is 2. The van der Waals surface area contributed by atoms with E-state index in [-0.39, 0.29) is 54.9 Å². The number of aryl methyl sites for hydroxylation is 2. The molecule has 15 heteroatoms. The number of carboxylic acids is 1. The number of nitrogens with zero attached hydrogens (tertiary/aromatic N) is 4. The number of hydrogen-bond acceptors (Lipinski definition) is 10. The van der Waals surface area contributed by atoms with Gasteiger partial charge in [0.2, 0.25) is 23.6 Å². The summed E-state index contributed by atoms with van der Waals surface area (Å²) >= 11 is 7.86. The van der Waals surface area contributed by atoms with Gasteiger partial charge in [-0.15, -0.1) is 11.3 Å². The third-order valence-corrected chi connectivity index (χ3v) is 14.2. The summed E-state index contributed by atoms with van der Waals surface area (Å²) in [6.07, 6.45) is 3.75. The molecule has 4 aliphatic rings.